The van der Waals surface area contributed by atoms with Crippen LogP contribution in [-0.4, -0.2) is 58.8 Å². The second kappa shape index (κ2) is 13.1. The summed E-state index contributed by atoms with van der Waals surface area (Å²) in [7, 11) is -6.21. The first kappa shape index (κ1) is 32.8. The van der Waals surface area contributed by atoms with Crippen LogP contribution < -0.4 is 4.90 Å². The van der Waals surface area contributed by atoms with E-state index >= 15 is 0 Å². The monoisotopic (exact) mass is 724 g/mol. The molecule has 0 atom stereocenters. The van der Waals surface area contributed by atoms with Crippen molar-refractivity contribution in [3.05, 3.63) is 151 Å². The van der Waals surface area contributed by atoms with Gasteiger partial charge in [-0.05, 0) is 84.4 Å². The van der Waals surface area contributed by atoms with Crippen molar-refractivity contribution in [2.45, 2.75) is 26.0 Å². The molecule has 0 unspecified atom stereocenters. The van der Waals surface area contributed by atoms with E-state index in [1.165, 1.54) is 24.5 Å². The Bertz CT molecular complexity index is 2820. The Kier molecular flexibility index (Phi) is 8.24. The number of fused-ring (bicyclic) bond motifs is 3. The maximum atomic E-state index is 14.2. The highest BCUT2D eigenvalue weighted by atomic mass is 32.2. The van der Waals surface area contributed by atoms with Gasteiger partial charge in [-0.3, -0.25) is 9.55 Å². The van der Waals surface area contributed by atoms with Crippen molar-refractivity contribution in [1.82, 2.24) is 34.9 Å². The molecule has 12 nitrogen and oxygen atoms in total. The molecule has 14 heteroatoms. The molecule has 0 spiro atoms. The molecule has 0 N–H and O–H groups in total. The minimum Gasteiger partial charge on any atom is -0.329 e. The van der Waals surface area contributed by atoms with E-state index in [0.29, 0.717) is 39.7 Å². The van der Waals surface area contributed by atoms with Gasteiger partial charge in [0.1, 0.15) is 5.82 Å². The van der Waals surface area contributed by atoms with E-state index in [2.05, 4.69) is 30.4 Å². The highest BCUT2D eigenvalue weighted by Crippen LogP contribution is 2.36. The first-order valence-electron chi connectivity index (χ1n) is 16.0. The summed E-state index contributed by atoms with van der Waals surface area (Å²) in [6.45, 7) is 0. The minimum absolute atomic E-state index is 0.0242. The van der Waals surface area contributed by atoms with Gasteiger partial charge < -0.3 is 4.90 Å². The first-order valence-corrected chi connectivity index (χ1v) is 19.0. The lowest BCUT2D eigenvalue weighted by molar-refractivity contribution is 0.594. The van der Waals surface area contributed by atoms with Crippen molar-refractivity contribution in [1.29, 1.82) is 0 Å². The van der Waals surface area contributed by atoms with Crippen LogP contribution in [0.3, 0.4) is 0 Å². The van der Waals surface area contributed by atoms with Crippen LogP contribution in [0.5, 0.6) is 0 Å². The number of anilines is 2. The zero-order valence-corrected chi connectivity index (χ0v) is 29.1. The third-order valence-corrected chi connectivity index (χ3v) is 12.3. The van der Waals surface area contributed by atoms with Crippen LogP contribution in [0.2, 0.25) is 0 Å². The fourth-order valence-electron chi connectivity index (χ4n) is 6.17. The predicted octanol–water partition coefficient (Wildman–Crippen LogP) is 6.18. The summed E-state index contributed by atoms with van der Waals surface area (Å²) < 4.78 is 58.1. The fraction of sp³-hybridized carbons (Fsp3) is 0.0526. The predicted molar refractivity (Wildman–Crippen MR) is 195 cm³/mol. The molecule has 52 heavy (non-hydrogen) atoms. The maximum absolute atomic E-state index is 14.2. The largest absolute Gasteiger partial charge is 0.329 e. The van der Waals surface area contributed by atoms with Crippen LogP contribution in [0.4, 0.5) is 11.5 Å². The average molecular weight is 725 g/mol. The molecule has 0 saturated carbocycles. The topological polar surface area (TPSA) is 154 Å². The molecule has 4 aromatic heterocycles. The molecule has 0 saturated heterocycles. The lowest BCUT2D eigenvalue weighted by Crippen LogP contribution is -2.12. The molecule has 0 aliphatic carbocycles. The van der Waals surface area contributed by atoms with E-state index in [0.717, 1.165) is 11.3 Å². The Morgan fingerprint density at radius 1 is 0.596 bits per heavy atom. The molecule has 0 aliphatic rings. The van der Waals surface area contributed by atoms with Crippen molar-refractivity contribution in [2.24, 2.45) is 0 Å². The smallest absolute Gasteiger partial charge is 0.273 e. The number of pyridine rings is 2. The van der Waals surface area contributed by atoms with Gasteiger partial charge in [-0.15, -0.1) is 20.4 Å². The van der Waals surface area contributed by atoms with Gasteiger partial charge in [0.05, 0.1) is 30.6 Å². The molecule has 8 aromatic rings. The lowest BCUT2D eigenvalue weighted by atomic mass is 10.1. The van der Waals surface area contributed by atoms with E-state index in [1.54, 1.807) is 76.5 Å². The number of hydrogen-bond donors (Lipinski definition) is 0. The standard InChI is InChI=1S/C38H28N8O4S2/c1-45(37-13-3-5-19-40-37)28-10-7-12-30(22-28)52(49,50)32-15-17-34-33-16-14-31(23-35(33)46(36(34)24-32)38-43-41-25-42-44-38)51(47,48)29-11-6-8-26(21-29)20-27-9-2-4-18-39-27/h2-19,21-25H,20H2,1H3. The van der Waals surface area contributed by atoms with Gasteiger partial charge in [-0.1, -0.05) is 42.5 Å². The molecule has 4 aromatic carbocycles. The number of sulfone groups is 2. The molecule has 256 valence electrons. The summed E-state index contributed by atoms with van der Waals surface area (Å²) >= 11 is 0. The molecular formula is C38H28N8O4S2. The molecule has 0 radical (unpaired) electrons. The number of nitrogens with zero attached hydrogens (tertiary/aromatic N) is 8. The second-order valence-corrected chi connectivity index (χ2v) is 15.8. The second-order valence-electron chi connectivity index (χ2n) is 11.9. The summed E-state index contributed by atoms with van der Waals surface area (Å²) in [6.07, 6.45) is 5.02. The molecular weight excluding hydrogens is 697 g/mol. The van der Waals surface area contributed by atoms with E-state index in [4.69, 9.17) is 0 Å². The molecule has 4 heterocycles. The van der Waals surface area contributed by atoms with Gasteiger partial charge >= 0.3 is 0 Å². The fourth-order valence-corrected chi connectivity index (χ4v) is 8.84. The first-order chi connectivity index (χ1) is 25.2. The zero-order chi connectivity index (χ0) is 35.9. The highest BCUT2D eigenvalue weighted by molar-refractivity contribution is 7.91. The number of benzene rings is 4. The third-order valence-electron chi connectivity index (χ3n) is 8.76. The minimum atomic E-state index is -4.03. The quantitative estimate of drug-likeness (QED) is 0.168. The van der Waals surface area contributed by atoms with Crippen molar-refractivity contribution in [3.63, 3.8) is 0 Å². The van der Waals surface area contributed by atoms with E-state index in [-0.39, 0.29) is 25.5 Å². The van der Waals surface area contributed by atoms with Crippen LogP contribution >= 0.6 is 0 Å². The van der Waals surface area contributed by atoms with Crippen molar-refractivity contribution in [2.75, 3.05) is 11.9 Å². The summed E-state index contributed by atoms with van der Waals surface area (Å²) in [5.41, 5.74) is 3.12. The summed E-state index contributed by atoms with van der Waals surface area (Å²) in [5.74, 6) is 0.703. The van der Waals surface area contributed by atoms with Crippen molar-refractivity contribution >= 4 is 53.0 Å². The van der Waals surface area contributed by atoms with Gasteiger partial charge in [0, 0.05) is 48.0 Å². The van der Waals surface area contributed by atoms with Crippen LogP contribution in [-0.2, 0) is 26.1 Å². The molecule has 0 aliphatic heterocycles. The highest BCUT2D eigenvalue weighted by Gasteiger charge is 2.25. The molecule has 0 bridgehead atoms. The number of aromatic nitrogens is 7. The SMILES string of the molecule is CN(c1cccc(S(=O)(=O)c2ccc3c4ccc(S(=O)(=O)c5cccc(Cc6ccccn6)c5)cc4n(-c4nncnn4)c3c2)c1)c1ccccn1. The van der Waals surface area contributed by atoms with Crippen LogP contribution in [0.1, 0.15) is 11.3 Å². The normalized spacial score (nSPS) is 11.9. The van der Waals surface area contributed by atoms with Crippen molar-refractivity contribution in [3.8, 4) is 5.95 Å². The Morgan fingerprint density at radius 3 is 1.81 bits per heavy atom. The Hall–Kier alpha value is -6.38. The van der Waals surface area contributed by atoms with E-state index < -0.39 is 19.7 Å². The number of rotatable bonds is 9. The van der Waals surface area contributed by atoms with Crippen LogP contribution in [0, 0.1) is 0 Å². The molecule has 0 amide bonds. The number of hydrogen-bond acceptors (Lipinski definition) is 11. The zero-order valence-electron chi connectivity index (χ0n) is 27.5. The van der Waals surface area contributed by atoms with E-state index in [1.807, 2.05) is 55.6 Å². The van der Waals surface area contributed by atoms with Gasteiger partial charge in [-0.25, -0.2) is 21.8 Å². The Labute approximate surface area is 298 Å². The van der Waals surface area contributed by atoms with Gasteiger partial charge in [0.15, 0.2) is 6.33 Å². The van der Waals surface area contributed by atoms with E-state index in [9.17, 15) is 16.8 Å². The van der Waals surface area contributed by atoms with Gasteiger partial charge in [-0.2, -0.15) is 0 Å². The molecule has 0 fully saturated rings. The maximum Gasteiger partial charge on any atom is 0.273 e. The third kappa shape index (κ3) is 5.93. The summed E-state index contributed by atoms with van der Waals surface area (Å²) in [4.78, 5) is 10.8. The van der Waals surface area contributed by atoms with Crippen LogP contribution in [0.15, 0.2) is 160 Å². The summed E-state index contributed by atoms with van der Waals surface area (Å²) in [6, 6.07) is 34.1. The Morgan fingerprint density at radius 2 is 1.19 bits per heavy atom. The summed E-state index contributed by atoms with van der Waals surface area (Å²) in [5, 5.41) is 17.4. The lowest BCUT2D eigenvalue weighted by Gasteiger charge is -2.19. The molecule has 8 rings (SSSR count). The van der Waals surface area contributed by atoms with Crippen LogP contribution in [0.25, 0.3) is 27.8 Å². The Balaban J connectivity index is 1.23. The van der Waals surface area contributed by atoms with Crippen molar-refractivity contribution < 1.29 is 16.8 Å². The van der Waals surface area contributed by atoms with Gasteiger partial charge in [0.2, 0.25) is 19.7 Å². The average Bonchev–Trinajstić information content (AvgIpc) is 3.52. The van der Waals surface area contributed by atoms with Gasteiger partial charge in [0.25, 0.3) is 5.95 Å².